The number of carbonyl (C=O) groups excluding carboxylic acids is 2. The van der Waals surface area contributed by atoms with E-state index in [1.54, 1.807) is 0 Å². The number of rotatable bonds is 6. The Kier molecular flexibility index (Phi) is 5.08. The Balaban J connectivity index is 1.19. The first-order valence-corrected chi connectivity index (χ1v) is 10.9. The van der Waals surface area contributed by atoms with Gasteiger partial charge in [0, 0.05) is 28.7 Å². The van der Waals surface area contributed by atoms with Crippen LogP contribution in [-0.4, -0.2) is 30.1 Å². The first kappa shape index (κ1) is 20.2. The second-order valence-electron chi connectivity index (χ2n) is 9.50. The summed E-state index contributed by atoms with van der Waals surface area (Å²) in [6.45, 7) is -0.149. The van der Waals surface area contributed by atoms with Crippen molar-refractivity contribution in [3.05, 3.63) is 33.4 Å². The molecule has 1 aromatic rings. The van der Waals surface area contributed by atoms with Crippen LogP contribution >= 0.6 is 0 Å². The van der Waals surface area contributed by atoms with E-state index in [2.05, 4.69) is 5.32 Å². The van der Waals surface area contributed by atoms with Crippen LogP contribution in [0.2, 0.25) is 0 Å². The van der Waals surface area contributed by atoms with Gasteiger partial charge in [-0.1, -0.05) is 0 Å². The molecule has 4 aliphatic carbocycles. The molecule has 31 heavy (non-hydrogen) atoms. The van der Waals surface area contributed by atoms with Gasteiger partial charge in [-0.25, -0.2) is 0 Å². The second-order valence-corrected chi connectivity index (χ2v) is 9.50. The van der Waals surface area contributed by atoms with Crippen molar-refractivity contribution >= 4 is 17.6 Å². The van der Waals surface area contributed by atoms with Crippen molar-refractivity contribution in [2.45, 2.75) is 51.7 Å². The Hall–Kier alpha value is -2.68. The fraction of sp³-hybridized carbons (Fsp3) is 0.636. The summed E-state index contributed by atoms with van der Waals surface area (Å²) in [6.07, 6.45) is 6.52. The highest BCUT2D eigenvalue weighted by Gasteiger charge is 2.54. The largest absolute Gasteiger partial charge is 0.467 e. The zero-order valence-corrected chi connectivity index (χ0v) is 17.3. The van der Waals surface area contributed by atoms with Crippen LogP contribution in [0.1, 0.15) is 49.7 Å². The monoisotopic (exact) mass is 430 g/mol. The van der Waals surface area contributed by atoms with Gasteiger partial charge in [0.2, 0.25) is 5.91 Å². The molecule has 0 aromatic heterocycles. The van der Waals surface area contributed by atoms with Crippen molar-refractivity contribution in [1.82, 2.24) is 5.32 Å². The Labute approximate surface area is 179 Å². The Bertz CT molecular complexity index is 893. The topological polar surface area (TPSA) is 117 Å². The zero-order valence-electron chi connectivity index (χ0n) is 17.3. The third kappa shape index (κ3) is 3.86. The van der Waals surface area contributed by atoms with E-state index in [0.717, 1.165) is 19.3 Å². The maximum Gasteiger partial charge on any atom is 0.325 e. The van der Waals surface area contributed by atoms with Crippen LogP contribution in [0, 0.1) is 33.3 Å². The van der Waals surface area contributed by atoms with Gasteiger partial charge in [0.05, 0.1) is 11.5 Å². The molecule has 0 radical (unpaired) electrons. The number of nitro groups is 1. The molecule has 0 spiro atoms. The molecule has 1 N–H and O–H groups in total. The first-order chi connectivity index (χ1) is 14.9. The van der Waals surface area contributed by atoms with Crippen LogP contribution in [0.25, 0.3) is 0 Å². The van der Waals surface area contributed by atoms with Crippen LogP contribution in [-0.2, 0) is 32.3 Å². The Morgan fingerprint density at radius 2 is 1.84 bits per heavy atom. The van der Waals surface area contributed by atoms with Gasteiger partial charge in [-0.2, -0.15) is 0 Å². The van der Waals surface area contributed by atoms with E-state index in [9.17, 15) is 19.7 Å². The number of amides is 1. The van der Waals surface area contributed by atoms with E-state index < -0.39 is 10.9 Å². The molecule has 9 nitrogen and oxygen atoms in total. The highest BCUT2D eigenvalue weighted by atomic mass is 16.7. The molecule has 6 rings (SSSR count). The molecule has 1 heterocycles. The van der Waals surface area contributed by atoms with Crippen molar-refractivity contribution in [3.8, 4) is 5.75 Å². The fourth-order valence-corrected chi connectivity index (χ4v) is 6.43. The molecule has 1 amide bonds. The van der Waals surface area contributed by atoms with Gasteiger partial charge in [0.25, 0.3) is 5.69 Å². The molecule has 9 heteroatoms. The summed E-state index contributed by atoms with van der Waals surface area (Å²) in [6, 6.07) is 2.73. The molecule has 0 atom stereocenters. The van der Waals surface area contributed by atoms with E-state index in [4.69, 9.17) is 14.2 Å². The number of carbonyl (C=O) groups is 2. The number of fused-ring (bicyclic) bond motifs is 1. The fourth-order valence-electron chi connectivity index (χ4n) is 6.43. The average molecular weight is 430 g/mol. The van der Waals surface area contributed by atoms with Gasteiger partial charge in [0.1, 0.15) is 18.9 Å². The molecular weight excluding hydrogens is 404 g/mol. The SMILES string of the molecule is O=C(CNC(=O)C12CC3CC(CC(C3)C1)C2)OCc1cc([N+](=O)[O-])cc2c1OCOC2. The van der Waals surface area contributed by atoms with Crippen LogP contribution in [0.3, 0.4) is 0 Å². The summed E-state index contributed by atoms with van der Waals surface area (Å²) in [5, 5.41) is 14.0. The van der Waals surface area contributed by atoms with Crippen molar-refractivity contribution in [3.63, 3.8) is 0 Å². The second kappa shape index (κ2) is 7.78. The lowest BCUT2D eigenvalue weighted by Crippen LogP contribution is -2.54. The number of ether oxygens (including phenoxy) is 3. The van der Waals surface area contributed by atoms with Gasteiger partial charge < -0.3 is 19.5 Å². The lowest BCUT2D eigenvalue weighted by atomic mass is 9.49. The van der Waals surface area contributed by atoms with E-state index in [1.807, 2.05) is 0 Å². The third-order valence-corrected chi connectivity index (χ3v) is 7.28. The number of nitro benzene ring substituents is 1. The van der Waals surface area contributed by atoms with Crippen molar-refractivity contribution in [1.29, 1.82) is 0 Å². The average Bonchev–Trinajstić information content (AvgIpc) is 2.74. The number of hydrogen-bond acceptors (Lipinski definition) is 7. The summed E-state index contributed by atoms with van der Waals surface area (Å²) in [4.78, 5) is 35.9. The molecule has 0 saturated heterocycles. The maximum absolute atomic E-state index is 13.0. The quantitative estimate of drug-likeness (QED) is 0.419. The van der Waals surface area contributed by atoms with Gasteiger partial charge in [-0.15, -0.1) is 0 Å². The lowest BCUT2D eigenvalue weighted by Gasteiger charge is -2.55. The van der Waals surface area contributed by atoms with Gasteiger partial charge in [0.15, 0.2) is 6.79 Å². The summed E-state index contributed by atoms with van der Waals surface area (Å²) < 4.78 is 15.9. The molecule has 166 valence electrons. The predicted octanol–water partition coefficient (Wildman–Crippen LogP) is 2.84. The molecule has 1 aliphatic heterocycles. The molecule has 4 saturated carbocycles. The molecule has 4 fully saturated rings. The minimum absolute atomic E-state index is 0.0308. The van der Waals surface area contributed by atoms with E-state index in [-0.39, 0.29) is 43.6 Å². The first-order valence-electron chi connectivity index (χ1n) is 10.9. The predicted molar refractivity (Wildman–Crippen MR) is 107 cm³/mol. The van der Waals surface area contributed by atoms with Crippen LogP contribution < -0.4 is 10.1 Å². The summed E-state index contributed by atoms with van der Waals surface area (Å²) in [5.74, 6) is 1.78. The smallest absolute Gasteiger partial charge is 0.325 e. The molecule has 0 unspecified atom stereocenters. The van der Waals surface area contributed by atoms with Crippen LogP contribution in [0.5, 0.6) is 5.75 Å². The van der Waals surface area contributed by atoms with Gasteiger partial charge in [-0.3, -0.25) is 19.7 Å². The zero-order chi connectivity index (χ0) is 21.6. The van der Waals surface area contributed by atoms with Crippen molar-refractivity contribution in [2.75, 3.05) is 13.3 Å². The number of benzene rings is 1. The minimum Gasteiger partial charge on any atom is -0.467 e. The number of hydrogen-bond donors (Lipinski definition) is 1. The highest BCUT2D eigenvalue weighted by molar-refractivity contribution is 5.86. The van der Waals surface area contributed by atoms with Crippen LogP contribution in [0.4, 0.5) is 5.69 Å². The summed E-state index contributed by atoms with van der Waals surface area (Å²) in [7, 11) is 0. The van der Waals surface area contributed by atoms with E-state index >= 15 is 0 Å². The Morgan fingerprint density at radius 1 is 1.16 bits per heavy atom. The number of nitrogens with one attached hydrogen (secondary N) is 1. The summed E-state index contributed by atoms with van der Waals surface area (Å²) in [5.41, 5.74) is 0.519. The number of esters is 1. The van der Waals surface area contributed by atoms with Crippen molar-refractivity contribution in [2.24, 2.45) is 23.2 Å². The normalized spacial score (nSPS) is 30.3. The van der Waals surface area contributed by atoms with Gasteiger partial charge >= 0.3 is 5.97 Å². The van der Waals surface area contributed by atoms with Crippen LogP contribution in [0.15, 0.2) is 12.1 Å². The minimum atomic E-state index is -0.578. The standard InChI is InChI=1S/C22H26N2O7/c25-19(9-23-21(26)22-6-13-1-14(7-22)3-15(2-13)8-22)30-11-17-5-18(24(27)28)4-16-10-29-12-31-20(16)17/h4-5,13-15H,1-3,6-12H2,(H,23,26). The third-order valence-electron chi connectivity index (χ3n) is 7.28. The number of non-ortho nitro benzene ring substituents is 1. The van der Waals surface area contributed by atoms with Crippen molar-refractivity contribution < 1.29 is 28.7 Å². The molecule has 1 aromatic carbocycles. The summed E-state index contributed by atoms with van der Waals surface area (Å²) >= 11 is 0. The molecule has 4 bridgehead atoms. The molecular formula is C22H26N2O7. The maximum atomic E-state index is 13.0. The Morgan fingerprint density at radius 3 is 2.48 bits per heavy atom. The lowest BCUT2D eigenvalue weighted by molar-refractivity contribution is -0.385. The van der Waals surface area contributed by atoms with E-state index in [1.165, 1.54) is 31.4 Å². The van der Waals surface area contributed by atoms with Gasteiger partial charge in [-0.05, 0) is 56.3 Å². The van der Waals surface area contributed by atoms with E-state index in [0.29, 0.717) is 34.6 Å². The number of nitrogens with zero attached hydrogens (tertiary/aromatic N) is 1. The molecule has 5 aliphatic rings. The highest BCUT2D eigenvalue weighted by Crippen LogP contribution is 2.60.